The number of benzene rings is 2. The largest absolute Gasteiger partial charge is 0.497 e. The average Bonchev–Trinajstić information content (AvgIpc) is 3.05. The third kappa shape index (κ3) is 4.34. The number of carbonyl (C=O) groups is 1. The number of rotatable bonds is 6. The van der Waals surface area contributed by atoms with Crippen LogP contribution >= 0.6 is 0 Å². The summed E-state index contributed by atoms with van der Waals surface area (Å²) in [4.78, 5) is 12.6. The zero-order valence-electron chi connectivity index (χ0n) is 16.8. The van der Waals surface area contributed by atoms with Crippen molar-refractivity contribution in [3.63, 3.8) is 0 Å². The predicted octanol–water partition coefficient (Wildman–Crippen LogP) is 4.54. The summed E-state index contributed by atoms with van der Waals surface area (Å²) in [5.74, 6) is 1.33. The molecule has 0 fully saturated rings. The normalized spacial score (nSPS) is 10.8. The molecular formula is C22H25N3O3. The minimum absolute atomic E-state index is 0.101. The van der Waals surface area contributed by atoms with Crippen molar-refractivity contribution in [2.45, 2.75) is 33.8 Å². The fourth-order valence-corrected chi connectivity index (χ4v) is 2.88. The molecule has 1 aromatic heterocycles. The maximum Gasteiger partial charge on any atom is 0.276 e. The monoisotopic (exact) mass is 379 g/mol. The first kappa shape index (κ1) is 19.5. The minimum atomic E-state index is -0.257. The van der Waals surface area contributed by atoms with E-state index >= 15 is 0 Å². The number of methoxy groups -OCH3 is 1. The predicted molar refractivity (Wildman–Crippen MR) is 110 cm³/mol. The first-order valence-electron chi connectivity index (χ1n) is 9.17. The number of nitrogens with one attached hydrogen (secondary N) is 1. The number of ether oxygens (including phenoxy) is 2. The number of aromatic nitrogens is 2. The highest BCUT2D eigenvalue weighted by atomic mass is 16.5. The van der Waals surface area contributed by atoms with Crippen molar-refractivity contribution >= 4 is 11.6 Å². The van der Waals surface area contributed by atoms with Crippen molar-refractivity contribution in [1.82, 2.24) is 9.78 Å². The van der Waals surface area contributed by atoms with Gasteiger partial charge >= 0.3 is 0 Å². The van der Waals surface area contributed by atoms with E-state index in [4.69, 9.17) is 9.47 Å². The van der Waals surface area contributed by atoms with Gasteiger partial charge in [0.1, 0.15) is 11.5 Å². The molecule has 28 heavy (non-hydrogen) atoms. The third-order valence-corrected chi connectivity index (χ3v) is 4.23. The second-order valence-corrected chi connectivity index (χ2v) is 6.88. The lowest BCUT2D eigenvalue weighted by molar-refractivity contribution is 0.102. The molecule has 0 spiro atoms. The molecule has 3 aromatic rings. The molecule has 0 radical (unpaired) electrons. The van der Waals surface area contributed by atoms with E-state index in [1.165, 1.54) is 0 Å². The number of hydrogen-bond donors (Lipinski definition) is 1. The molecule has 0 aliphatic heterocycles. The average molecular weight is 379 g/mol. The fraction of sp³-hybridized carbons (Fsp3) is 0.273. The minimum Gasteiger partial charge on any atom is -0.497 e. The zero-order chi connectivity index (χ0) is 20.3. The van der Waals surface area contributed by atoms with Crippen LogP contribution in [0.3, 0.4) is 0 Å². The van der Waals surface area contributed by atoms with E-state index in [0.717, 1.165) is 28.4 Å². The Bertz CT molecular complexity index is 975. The zero-order valence-corrected chi connectivity index (χ0v) is 16.8. The molecule has 6 nitrogen and oxygen atoms in total. The third-order valence-electron chi connectivity index (χ3n) is 4.23. The number of hydrogen-bond acceptors (Lipinski definition) is 4. The molecule has 1 heterocycles. The molecule has 3 rings (SSSR count). The van der Waals surface area contributed by atoms with E-state index in [-0.39, 0.29) is 12.0 Å². The number of amides is 1. The van der Waals surface area contributed by atoms with E-state index in [0.29, 0.717) is 11.4 Å². The molecule has 0 atom stereocenters. The molecule has 2 aromatic carbocycles. The lowest BCUT2D eigenvalue weighted by Crippen LogP contribution is -2.13. The standard InChI is InChI=1S/C22H25N3O3/c1-14(2)28-21-11-6-17(12-15(21)3)23-22(26)20-13-16(4)25(24-20)18-7-9-19(27-5)10-8-18/h6-14H,1-5H3,(H,23,26). The van der Waals surface area contributed by atoms with Crippen LogP contribution in [-0.2, 0) is 0 Å². The summed E-state index contributed by atoms with van der Waals surface area (Å²) in [7, 11) is 1.62. The van der Waals surface area contributed by atoms with Gasteiger partial charge in [0.2, 0.25) is 0 Å². The Morgan fingerprint density at radius 1 is 1.07 bits per heavy atom. The van der Waals surface area contributed by atoms with Crippen LogP contribution < -0.4 is 14.8 Å². The molecule has 0 saturated heterocycles. The first-order valence-corrected chi connectivity index (χ1v) is 9.17. The summed E-state index contributed by atoms with van der Waals surface area (Å²) in [5, 5.41) is 7.35. The van der Waals surface area contributed by atoms with Crippen LogP contribution in [0.15, 0.2) is 48.5 Å². The number of anilines is 1. The van der Waals surface area contributed by atoms with E-state index in [1.54, 1.807) is 17.9 Å². The Morgan fingerprint density at radius 2 is 1.79 bits per heavy atom. The Balaban J connectivity index is 1.77. The van der Waals surface area contributed by atoms with Crippen LogP contribution in [-0.4, -0.2) is 28.9 Å². The second kappa shape index (κ2) is 8.17. The van der Waals surface area contributed by atoms with Gasteiger partial charge in [0.15, 0.2) is 5.69 Å². The van der Waals surface area contributed by atoms with E-state index in [2.05, 4.69) is 10.4 Å². The van der Waals surface area contributed by atoms with Crippen LogP contribution in [0, 0.1) is 13.8 Å². The Morgan fingerprint density at radius 3 is 2.39 bits per heavy atom. The Hall–Kier alpha value is -3.28. The first-order chi connectivity index (χ1) is 13.4. The quantitative estimate of drug-likeness (QED) is 0.683. The molecule has 0 saturated carbocycles. The molecule has 0 bridgehead atoms. The highest BCUT2D eigenvalue weighted by molar-refractivity contribution is 6.03. The highest BCUT2D eigenvalue weighted by Crippen LogP contribution is 2.23. The number of carbonyl (C=O) groups excluding carboxylic acids is 1. The molecule has 1 N–H and O–H groups in total. The molecule has 0 aliphatic carbocycles. The maximum absolute atomic E-state index is 12.6. The molecule has 0 unspecified atom stereocenters. The van der Waals surface area contributed by atoms with Gasteiger partial charge in [-0.1, -0.05) is 0 Å². The van der Waals surface area contributed by atoms with Crippen LogP contribution in [0.25, 0.3) is 5.69 Å². The maximum atomic E-state index is 12.6. The van der Waals surface area contributed by atoms with Gasteiger partial charge in [0, 0.05) is 11.4 Å². The van der Waals surface area contributed by atoms with E-state index < -0.39 is 0 Å². The topological polar surface area (TPSA) is 65.4 Å². The fourth-order valence-electron chi connectivity index (χ4n) is 2.88. The molecule has 1 amide bonds. The van der Waals surface area contributed by atoms with Crippen LogP contribution in [0.4, 0.5) is 5.69 Å². The van der Waals surface area contributed by atoms with Crippen molar-refractivity contribution in [1.29, 1.82) is 0 Å². The molecule has 0 aliphatic rings. The van der Waals surface area contributed by atoms with Crippen LogP contribution in [0.1, 0.15) is 35.6 Å². The second-order valence-electron chi connectivity index (χ2n) is 6.88. The summed E-state index contributed by atoms with van der Waals surface area (Å²) in [6.45, 7) is 7.83. The van der Waals surface area contributed by atoms with E-state index in [9.17, 15) is 4.79 Å². The van der Waals surface area contributed by atoms with Gasteiger partial charge in [-0.2, -0.15) is 5.10 Å². The van der Waals surface area contributed by atoms with E-state index in [1.807, 2.05) is 70.2 Å². The van der Waals surface area contributed by atoms with Gasteiger partial charge in [-0.15, -0.1) is 0 Å². The Labute approximate surface area is 165 Å². The van der Waals surface area contributed by atoms with Gasteiger partial charge in [-0.05, 0) is 81.8 Å². The lowest BCUT2D eigenvalue weighted by Gasteiger charge is -2.13. The molecule has 146 valence electrons. The van der Waals surface area contributed by atoms with Gasteiger partial charge < -0.3 is 14.8 Å². The van der Waals surface area contributed by atoms with Crippen molar-refractivity contribution in [3.8, 4) is 17.2 Å². The number of aryl methyl sites for hydroxylation is 2. The highest BCUT2D eigenvalue weighted by Gasteiger charge is 2.14. The van der Waals surface area contributed by atoms with Crippen molar-refractivity contribution in [2.75, 3.05) is 12.4 Å². The summed E-state index contributed by atoms with van der Waals surface area (Å²) in [5.41, 5.74) is 3.76. The van der Waals surface area contributed by atoms with Crippen LogP contribution in [0.2, 0.25) is 0 Å². The summed E-state index contributed by atoms with van der Waals surface area (Å²) < 4.78 is 12.7. The SMILES string of the molecule is COc1ccc(-n2nc(C(=O)Nc3ccc(OC(C)C)c(C)c3)cc2C)cc1. The van der Waals surface area contributed by atoms with Crippen molar-refractivity contribution < 1.29 is 14.3 Å². The summed E-state index contributed by atoms with van der Waals surface area (Å²) in [6.07, 6.45) is 0.101. The smallest absolute Gasteiger partial charge is 0.276 e. The van der Waals surface area contributed by atoms with Crippen molar-refractivity contribution in [2.24, 2.45) is 0 Å². The van der Waals surface area contributed by atoms with Gasteiger partial charge in [-0.3, -0.25) is 4.79 Å². The summed E-state index contributed by atoms with van der Waals surface area (Å²) >= 11 is 0. The molecular weight excluding hydrogens is 354 g/mol. The van der Waals surface area contributed by atoms with Gasteiger partial charge in [0.25, 0.3) is 5.91 Å². The summed E-state index contributed by atoms with van der Waals surface area (Å²) in [6, 6.07) is 14.9. The Kier molecular flexibility index (Phi) is 5.68. The lowest BCUT2D eigenvalue weighted by atomic mass is 10.2. The molecule has 6 heteroatoms. The van der Waals surface area contributed by atoms with Gasteiger partial charge in [-0.25, -0.2) is 4.68 Å². The van der Waals surface area contributed by atoms with Gasteiger partial charge in [0.05, 0.1) is 18.9 Å². The van der Waals surface area contributed by atoms with Crippen molar-refractivity contribution in [3.05, 3.63) is 65.5 Å². The number of nitrogens with zero attached hydrogens (tertiary/aromatic N) is 2. The van der Waals surface area contributed by atoms with Crippen LogP contribution in [0.5, 0.6) is 11.5 Å².